The van der Waals surface area contributed by atoms with Gasteiger partial charge >= 0.3 is 0 Å². The van der Waals surface area contributed by atoms with Gasteiger partial charge in [-0.25, -0.2) is 0 Å². The zero-order valence-corrected chi connectivity index (χ0v) is 12.0. The molecule has 0 unspecified atom stereocenters. The Morgan fingerprint density at radius 3 is 2.42 bits per heavy atom. The minimum absolute atomic E-state index is 0.0437. The van der Waals surface area contributed by atoms with Gasteiger partial charge in [-0.3, -0.25) is 9.59 Å². The zero-order chi connectivity index (χ0) is 14.4. The number of nitrogen functional groups attached to an aromatic ring is 1. The SMILES string of the molecule is CCN(CC)C(=O)CSc1ccc(N)cc1C(N)=O. The Hall–Kier alpha value is -1.69. The number of carbonyl (C=O) groups is 2. The van der Waals surface area contributed by atoms with Crippen molar-refractivity contribution in [3.63, 3.8) is 0 Å². The van der Waals surface area contributed by atoms with Crippen LogP contribution in [0.1, 0.15) is 24.2 Å². The first-order chi connectivity index (χ1) is 8.99. The number of hydrogen-bond donors (Lipinski definition) is 2. The molecule has 0 aliphatic rings. The highest BCUT2D eigenvalue weighted by Crippen LogP contribution is 2.24. The number of thioether (sulfide) groups is 1. The average Bonchev–Trinajstić information content (AvgIpc) is 2.38. The van der Waals surface area contributed by atoms with Crippen molar-refractivity contribution in [2.24, 2.45) is 5.73 Å². The molecule has 0 radical (unpaired) electrons. The number of nitrogens with two attached hydrogens (primary N) is 2. The Morgan fingerprint density at radius 2 is 1.89 bits per heavy atom. The topological polar surface area (TPSA) is 89.4 Å². The van der Waals surface area contributed by atoms with Gasteiger partial charge in [0.25, 0.3) is 0 Å². The summed E-state index contributed by atoms with van der Waals surface area (Å²) in [5.41, 5.74) is 11.8. The van der Waals surface area contributed by atoms with Gasteiger partial charge in [-0.2, -0.15) is 0 Å². The fourth-order valence-corrected chi connectivity index (χ4v) is 2.61. The minimum Gasteiger partial charge on any atom is -0.399 e. The van der Waals surface area contributed by atoms with Crippen LogP contribution < -0.4 is 11.5 Å². The van der Waals surface area contributed by atoms with Gasteiger partial charge in [-0.1, -0.05) is 0 Å². The predicted molar refractivity (Wildman–Crippen MR) is 78.0 cm³/mol. The fourth-order valence-electron chi connectivity index (χ4n) is 1.67. The molecule has 0 atom stereocenters. The number of hydrogen-bond acceptors (Lipinski definition) is 4. The third kappa shape index (κ3) is 4.17. The highest BCUT2D eigenvalue weighted by Gasteiger charge is 2.13. The molecule has 0 heterocycles. The van der Waals surface area contributed by atoms with Crippen LogP contribution in [0.4, 0.5) is 5.69 Å². The van der Waals surface area contributed by atoms with Gasteiger partial charge < -0.3 is 16.4 Å². The normalized spacial score (nSPS) is 10.2. The van der Waals surface area contributed by atoms with Crippen molar-refractivity contribution in [2.45, 2.75) is 18.7 Å². The molecule has 0 fully saturated rings. The van der Waals surface area contributed by atoms with Crippen molar-refractivity contribution < 1.29 is 9.59 Å². The highest BCUT2D eigenvalue weighted by atomic mass is 32.2. The maximum Gasteiger partial charge on any atom is 0.249 e. The van der Waals surface area contributed by atoms with E-state index in [-0.39, 0.29) is 11.7 Å². The van der Waals surface area contributed by atoms with E-state index in [0.717, 1.165) is 0 Å². The molecule has 104 valence electrons. The Balaban J connectivity index is 2.78. The lowest BCUT2D eigenvalue weighted by molar-refractivity contribution is -0.127. The molecule has 2 amide bonds. The second-order valence-corrected chi connectivity index (χ2v) is 4.99. The summed E-state index contributed by atoms with van der Waals surface area (Å²) in [5, 5.41) is 0. The number of rotatable bonds is 6. The minimum atomic E-state index is -0.537. The number of nitrogens with zero attached hydrogens (tertiary/aromatic N) is 1. The first kappa shape index (κ1) is 15.4. The second-order valence-electron chi connectivity index (χ2n) is 3.97. The van der Waals surface area contributed by atoms with Gasteiger partial charge in [0.05, 0.1) is 11.3 Å². The zero-order valence-electron chi connectivity index (χ0n) is 11.2. The fraction of sp³-hybridized carbons (Fsp3) is 0.385. The lowest BCUT2D eigenvalue weighted by Crippen LogP contribution is -2.31. The third-order valence-corrected chi connectivity index (χ3v) is 3.79. The van der Waals surface area contributed by atoms with Gasteiger partial charge in [0.15, 0.2) is 0 Å². The molecule has 0 saturated heterocycles. The van der Waals surface area contributed by atoms with Gasteiger partial charge in [-0.05, 0) is 32.0 Å². The number of carbonyl (C=O) groups excluding carboxylic acids is 2. The lowest BCUT2D eigenvalue weighted by atomic mass is 10.2. The van der Waals surface area contributed by atoms with Crippen LogP contribution in [-0.4, -0.2) is 35.6 Å². The molecule has 4 N–H and O–H groups in total. The maximum absolute atomic E-state index is 11.9. The quantitative estimate of drug-likeness (QED) is 0.608. The van der Waals surface area contributed by atoms with Crippen molar-refractivity contribution >= 4 is 29.3 Å². The molecule has 0 saturated carbocycles. The number of amides is 2. The van der Waals surface area contributed by atoms with Crippen LogP contribution in [-0.2, 0) is 4.79 Å². The summed E-state index contributed by atoms with van der Waals surface area (Å²) in [5.74, 6) is -0.210. The molecule has 0 aliphatic carbocycles. The summed E-state index contributed by atoms with van der Waals surface area (Å²) in [6.45, 7) is 5.23. The van der Waals surface area contributed by atoms with Crippen LogP contribution in [0.3, 0.4) is 0 Å². The van der Waals surface area contributed by atoms with Gasteiger partial charge in [0, 0.05) is 23.7 Å². The van der Waals surface area contributed by atoms with E-state index in [1.807, 2.05) is 13.8 Å². The standard InChI is InChI=1S/C13H19N3O2S/c1-3-16(4-2)12(17)8-19-11-6-5-9(14)7-10(11)13(15)18/h5-7H,3-4,8,14H2,1-2H3,(H2,15,18). The van der Waals surface area contributed by atoms with Crippen molar-refractivity contribution in [1.29, 1.82) is 0 Å². The lowest BCUT2D eigenvalue weighted by Gasteiger charge is -2.18. The molecule has 1 aromatic rings. The average molecular weight is 281 g/mol. The third-order valence-electron chi connectivity index (χ3n) is 2.74. The Kier molecular flexibility index (Phi) is 5.69. The molecular formula is C13H19N3O2S. The first-order valence-corrected chi connectivity index (χ1v) is 7.08. The van der Waals surface area contributed by atoms with Crippen LogP contribution in [0.2, 0.25) is 0 Å². The summed E-state index contributed by atoms with van der Waals surface area (Å²) in [6.07, 6.45) is 0. The van der Waals surface area contributed by atoms with Crippen LogP contribution in [0.5, 0.6) is 0 Å². The van der Waals surface area contributed by atoms with E-state index in [1.54, 1.807) is 17.0 Å². The van der Waals surface area contributed by atoms with Crippen molar-refractivity contribution in [2.75, 3.05) is 24.6 Å². The molecule has 5 nitrogen and oxygen atoms in total. The molecular weight excluding hydrogens is 262 g/mol. The first-order valence-electron chi connectivity index (χ1n) is 6.09. The van der Waals surface area contributed by atoms with Crippen LogP contribution in [0.25, 0.3) is 0 Å². The Bertz CT molecular complexity index is 473. The monoisotopic (exact) mass is 281 g/mol. The molecule has 6 heteroatoms. The summed E-state index contributed by atoms with van der Waals surface area (Å²) in [6, 6.07) is 4.94. The second kappa shape index (κ2) is 7.04. The maximum atomic E-state index is 11.9. The summed E-state index contributed by atoms with van der Waals surface area (Å²) in [7, 11) is 0. The van der Waals surface area contributed by atoms with E-state index < -0.39 is 5.91 Å². The summed E-state index contributed by atoms with van der Waals surface area (Å²) < 4.78 is 0. The number of benzene rings is 1. The van der Waals surface area contributed by atoms with Crippen LogP contribution in [0.15, 0.2) is 23.1 Å². The van der Waals surface area contributed by atoms with E-state index >= 15 is 0 Å². The van der Waals surface area contributed by atoms with Crippen molar-refractivity contribution in [3.05, 3.63) is 23.8 Å². The molecule has 1 aromatic carbocycles. The van der Waals surface area contributed by atoms with E-state index in [9.17, 15) is 9.59 Å². The van der Waals surface area contributed by atoms with Gasteiger partial charge in [-0.15, -0.1) is 11.8 Å². The van der Waals surface area contributed by atoms with E-state index in [1.165, 1.54) is 17.8 Å². The Labute approximate surface area is 117 Å². The van der Waals surface area contributed by atoms with Crippen LogP contribution >= 0.6 is 11.8 Å². The summed E-state index contributed by atoms with van der Waals surface area (Å²) >= 11 is 1.30. The summed E-state index contributed by atoms with van der Waals surface area (Å²) in [4.78, 5) is 25.6. The smallest absolute Gasteiger partial charge is 0.249 e. The molecule has 0 aromatic heterocycles. The van der Waals surface area contributed by atoms with E-state index in [2.05, 4.69) is 0 Å². The van der Waals surface area contributed by atoms with Crippen LogP contribution in [0, 0.1) is 0 Å². The van der Waals surface area contributed by atoms with E-state index in [0.29, 0.717) is 29.2 Å². The Morgan fingerprint density at radius 1 is 1.26 bits per heavy atom. The largest absolute Gasteiger partial charge is 0.399 e. The van der Waals surface area contributed by atoms with Gasteiger partial charge in [0.2, 0.25) is 11.8 Å². The molecule has 19 heavy (non-hydrogen) atoms. The molecule has 0 bridgehead atoms. The number of primary amides is 1. The van der Waals surface area contributed by atoms with Crippen molar-refractivity contribution in [1.82, 2.24) is 4.90 Å². The van der Waals surface area contributed by atoms with E-state index in [4.69, 9.17) is 11.5 Å². The molecule has 1 rings (SSSR count). The predicted octanol–water partition coefficient (Wildman–Crippen LogP) is 1.33. The molecule has 0 aliphatic heterocycles. The number of anilines is 1. The van der Waals surface area contributed by atoms with Crippen molar-refractivity contribution in [3.8, 4) is 0 Å². The van der Waals surface area contributed by atoms with Gasteiger partial charge in [0.1, 0.15) is 0 Å². The highest BCUT2D eigenvalue weighted by molar-refractivity contribution is 8.00. The molecule has 0 spiro atoms.